The van der Waals surface area contributed by atoms with Gasteiger partial charge < -0.3 is 9.88 Å². The average Bonchev–Trinajstić information content (AvgIpc) is 2.75. The Bertz CT molecular complexity index is 552. The van der Waals surface area contributed by atoms with Crippen LogP contribution in [0.5, 0.6) is 0 Å². The fourth-order valence-corrected chi connectivity index (χ4v) is 2.81. The summed E-state index contributed by atoms with van der Waals surface area (Å²) in [5.41, 5.74) is 2.92. The summed E-state index contributed by atoms with van der Waals surface area (Å²) in [6.07, 6.45) is 5.72. The van der Waals surface area contributed by atoms with Crippen LogP contribution in [0, 0.1) is 0 Å². The monoisotopic (exact) mass is 290 g/mol. The van der Waals surface area contributed by atoms with Gasteiger partial charge in [-0.3, -0.25) is 0 Å². The third-order valence-electron chi connectivity index (χ3n) is 3.43. The summed E-state index contributed by atoms with van der Waals surface area (Å²) in [7, 11) is 0. The lowest BCUT2D eigenvalue weighted by molar-refractivity contribution is 0.425. The van der Waals surface area contributed by atoms with Crippen molar-refractivity contribution in [1.82, 2.24) is 9.88 Å². The van der Waals surface area contributed by atoms with E-state index >= 15 is 0 Å². The van der Waals surface area contributed by atoms with Crippen molar-refractivity contribution in [3.05, 3.63) is 36.0 Å². The van der Waals surface area contributed by atoms with Gasteiger partial charge in [-0.1, -0.05) is 18.2 Å². The molecule has 2 aromatic rings. The first-order chi connectivity index (χ1) is 9.51. The van der Waals surface area contributed by atoms with E-state index < -0.39 is 0 Å². The number of aromatic nitrogens is 1. The quantitative estimate of drug-likeness (QED) is 0.800. The van der Waals surface area contributed by atoms with Gasteiger partial charge in [-0.15, -0.1) is 0 Å². The van der Waals surface area contributed by atoms with Crippen LogP contribution >= 0.6 is 11.8 Å². The zero-order valence-electron chi connectivity index (χ0n) is 13.1. The highest BCUT2D eigenvalue weighted by Gasteiger charge is 2.12. The first kappa shape index (κ1) is 15.5. The second-order valence-corrected chi connectivity index (χ2v) is 7.30. The fraction of sp³-hybridized carbons (Fsp3) is 0.529. The number of rotatable bonds is 6. The maximum atomic E-state index is 3.59. The van der Waals surface area contributed by atoms with Crippen LogP contribution in [0.4, 0.5) is 0 Å². The van der Waals surface area contributed by atoms with E-state index in [0.717, 1.165) is 13.1 Å². The summed E-state index contributed by atoms with van der Waals surface area (Å²) in [5, 5.41) is 4.98. The van der Waals surface area contributed by atoms with Crippen LogP contribution in [0.15, 0.2) is 30.5 Å². The van der Waals surface area contributed by atoms with Crippen molar-refractivity contribution < 1.29 is 0 Å². The first-order valence-electron chi connectivity index (χ1n) is 7.32. The molecular formula is C17H26N2S. The Morgan fingerprint density at radius 2 is 1.95 bits per heavy atom. The molecular weight excluding hydrogens is 264 g/mol. The summed E-state index contributed by atoms with van der Waals surface area (Å²) >= 11 is 1.92. The molecule has 0 unspecified atom stereocenters. The Morgan fingerprint density at radius 3 is 2.65 bits per heavy atom. The highest BCUT2D eigenvalue weighted by Crippen LogP contribution is 2.22. The van der Waals surface area contributed by atoms with E-state index in [-0.39, 0.29) is 5.54 Å². The van der Waals surface area contributed by atoms with E-state index in [4.69, 9.17) is 0 Å². The lowest BCUT2D eigenvalue weighted by Crippen LogP contribution is -2.34. The minimum Gasteiger partial charge on any atom is -0.347 e. The molecule has 0 aliphatic rings. The molecule has 1 N–H and O–H groups in total. The minimum absolute atomic E-state index is 0.155. The predicted octanol–water partition coefficient (Wildman–Crippen LogP) is 4.28. The molecule has 110 valence electrons. The molecule has 20 heavy (non-hydrogen) atoms. The minimum atomic E-state index is 0.155. The lowest BCUT2D eigenvalue weighted by Gasteiger charge is -2.20. The summed E-state index contributed by atoms with van der Waals surface area (Å²) in [5.74, 6) is 1.22. The molecule has 1 aromatic carbocycles. The van der Waals surface area contributed by atoms with Crippen LogP contribution in [-0.4, -0.2) is 22.1 Å². The highest BCUT2D eigenvalue weighted by molar-refractivity contribution is 7.98. The van der Waals surface area contributed by atoms with E-state index in [1.54, 1.807) is 0 Å². The van der Waals surface area contributed by atoms with Crippen molar-refractivity contribution in [2.24, 2.45) is 0 Å². The van der Waals surface area contributed by atoms with Crippen molar-refractivity contribution in [1.29, 1.82) is 0 Å². The molecule has 2 rings (SSSR count). The molecule has 0 saturated carbocycles. The first-order valence-corrected chi connectivity index (χ1v) is 8.71. The van der Waals surface area contributed by atoms with Crippen molar-refractivity contribution in [2.75, 3.05) is 12.0 Å². The number of hydrogen-bond donors (Lipinski definition) is 1. The number of nitrogens with one attached hydrogen (secondary N) is 1. The third kappa shape index (κ3) is 4.03. The van der Waals surface area contributed by atoms with Crippen molar-refractivity contribution >= 4 is 22.7 Å². The molecule has 0 saturated heterocycles. The molecule has 0 aliphatic heterocycles. The van der Waals surface area contributed by atoms with E-state index in [0.29, 0.717) is 0 Å². The van der Waals surface area contributed by atoms with Crippen LogP contribution in [0.3, 0.4) is 0 Å². The van der Waals surface area contributed by atoms with Gasteiger partial charge in [-0.2, -0.15) is 11.8 Å². The van der Waals surface area contributed by atoms with Crippen molar-refractivity contribution in [2.45, 2.75) is 45.8 Å². The zero-order chi connectivity index (χ0) is 14.6. The second-order valence-electron chi connectivity index (χ2n) is 6.31. The van der Waals surface area contributed by atoms with Gasteiger partial charge in [0.05, 0.1) is 0 Å². The van der Waals surface area contributed by atoms with Gasteiger partial charge in [0.1, 0.15) is 0 Å². The van der Waals surface area contributed by atoms with Crippen molar-refractivity contribution in [3.8, 4) is 0 Å². The maximum absolute atomic E-state index is 3.59. The standard InChI is InChI=1S/C17H26N2S/c1-17(2,3)18-12-14-13-19(10-7-11-20-4)16-9-6-5-8-15(14)16/h5-6,8-9,13,18H,7,10-12H2,1-4H3. The normalized spacial score (nSPS) is 12.2. The average molecular weight is 290 g/mol. The van der Waals surface area contributed by atoms with Gasteiger partial charge in [0, 0.05) is 35.7 Å². The topological polar surface area (TPSA) is 17.0 Å². The number of thioether (sulfide) groups is 1. The van der Waals surface area contributed by atoms with Crippen LogP contribution < -0.4 is 5.32 Å². The van der Waals surface area contributed by atoms with Gasteiger partial charge in [-0.25, -0.2) is 0 Å². The molecule has 0 atom stereocenters. The van der Waals surface area contributed by atoms with E-state index in [1.165, 1.54) is 28.6 Å². The number of benzene rings is 1. The van der Waals surface area contributed by atoms with Gasteiger partial charge in [0.25, 0.3) is 0 Å². The highest BCUT2D eigenvalue weighted by atomic mass is 32.2. The Labute approximate surface area is 126 Å². The van der Waals surface area contributed by atoms with Crippen LogP contribution in [0.1, 0.15) is 32.8 Å². The molecule has 0 amide bonds. The second kappa shape index (κ2) is 6.68. The van der Waals surface area contributed by atoms with E-state index in [1.807, 2.05) is 11.8 Å². The van der Waals surface area contributed by atoms with Gasteiger partial charge >= 0.3 is 0 Å². The Hall–Kier alpha value is -0.930. The Balaban J connectivity index is 2.21. The molecule has 1 aromatic heterocycles. The smallest absolute Gasteiger partial charge is 0.0483 e. The lowest BCUT2D eigenvalue weighted by atomic mass is 10.1. The van der Waals surface area contributed by atoms with Crippen molar-refractivity contribution in [3.63, 3.8) is 0 Å². The number of para-hydroxylation sites is 1. The molecule has 0 fully saturated rings. The predicted molar refractivity (Wildman–Crippen MR) is 91.5 cm³/mol. The molecule has 3 heteroatoms. The van der Waals surface area contributed by atoms with Crippen LogP contribution in [0.2, 0.25) is 0 Å². The largest absolute Gasteiger partial charge is 0.347 e. The Morgan fingerprint density at radius 1 is 1.20 bits per heavy atom. The molecule has 1 heterocycles. The van der Waals surface area contributed by atoms with Gasteiger partial charge in [0.15, 0.2) is 0 Å². The maximum Gasteiger partial charge on any atom is 0.0483 e. The molecule has 0 bridgehead atoms. The Kier molecular flexibility index (Phi) is 5.17. The third-order valence-corrected chi connectivity index (χ3v) is 4.12. The molecule has 0 radical (unpaired) electrons. The molecule has 0 aliphatic carbocycles. The summed E-state index contributed by atoms with van der Waals surface area (Å²) in [6, 6.07) is 8.73. The fourth-order valence-electron chi connectivity index (χ4n) is 2.39. The summed E-state index contributed by atoms with van der Waals surface area (Å²) < 4.78 is 2.41. The van der Waals surface area contributed by atoms with E-state index in [9.17, 15) is 0 Å². The van der Waals surface area contributed by atoms with Gasteiger partial charge in [0.2, 0.25) is 0 Å². The van der Waals surface area contributed by atoms with Crippen LogP contribution in [0.25, 0.3) is 10.9 Å². The number of aryl methyl sites for hydroxylation is 1. The van der Waals surface area contributed by atoms with E-state index in [2.05, 4.69) is 67.4 Å². The molecule has 2 nitrogen and oxygen atoms in total. The van der Waals surface area contributed by atoms with Gasteiger partial charge in [-0.05, 0) is 50.8 Å². The summed E-state index contributed by atoms with van der Waals surface area (Å²) in [4.78, 5) is 0. The zero-order valence-corrected chi connectivity index (χ0v) is 13.9. The molecule has 0 spiro atoms. The number of hydrogen-bond acceptors (Lipinski definition) is 2. The number of fused-ring (bicyclic) bond motifs is 1. The summed E-state index contributed by atoms with van der Waals surface area (Å²) in [6.45, 7) is 8.68. The SMILES string of the molecule is CSCCCn1cc(CNC(C)(C)C)c2ccccc21. The number of nitrogens with zero attached hydrogens (tertiary/aromatic N) is 1. The van der Waals surface area contributed by atoms with Crippen LogP contribution in [-0.2, 0) is 13.1 Å².